The Morgan fingerprint density at radius 1 is 1.37 bits per heavy atom. The lowest BCUT2D eigenvalue weighted by Crippen LogP contribution is -2.18. The number of thiazole rings is 1. The molecule has 0 aromatic carbocycles. The zero-order valence-corrected chi connectivity index (χ0v) is 13.3. The molecule has 0 bridgehead atoms. The summed E-state index contributed by atoms with van der Waals surface area (Å²) in [5.74, 6) is 0. The first kappa shape index (κ1) is 14.3. The zero-order valence-electron chi connectivity index (χ0n) is 12.4. The lowest BCUT2D eigenvalue weighted by atomic mass is 10.2. The van der Waals surface area contributed by atoms with Crippen LogP contribution in [0.4, 0.5) is 0 Å². The van der Waals surface area contributed by atoms with E-state index in [1.807, 2.05) is 6.20 Å². The molecule has 19 heavy (non-hydrogen) atoms. The molecule has 0 fully saturated rings. The highest BCUT2D eigenvalue weighted by Crippen LogP contribution is 2.20. The summed E-state index contributed by atoms with van der Waals surface area (Å²) in [7, 11) is 0. The molecule has 0 amide bonds. The Balaban J connectivity index is 2.03. The molecule has 1 unspecified atom stereocenters. The van der Waals surface area contributed by atoms with Gasteiger partial charge in [-0.3, -0.25) is 0 Å². The molecule has 0 saturated heterocycles. The van der Waals surface area contributed by atoms with Gasteiger partial charge >= 0.3 is 0 Å². The molecule has 0 aliphatic carbocycles. The van der Waals surface area contributed by atoms with E-state index in [0.29, 0.717) is 6.04 Å². The lowest BCUT2D eigenvalue weighted by Gasteiger charge is -2.11. The summed E-state index contributed by atoms with van der Waals surface area (Å²) in [4.78, 5) is 5.71. The van der Waals surface area contributed by atoms with Crippen LogP contribution in [0.1, 0.15) is 46.7 Å². The predicted molar refractivity (Wildman–Crippen MR) is 81.7 cm³/mol. The van der Waals surface area contributed by atoms with Crippen molar-refractivity contribution in [2.75, 3.05) is 0 Å². The summed E-state index contributed by atoms with van der Waals surface area (Å²) in [5.41, 5.74) is 4.10. The molecule has 1 N–H and O–H groups in total. The van der Waals surface area contributed by atoms with Crippen LogP contribution in [-0.2, 0) is 13.1 Å². The average Bonchev–Trinajstić information content (AvgIpc) is 2.91. The third-order valence-corrected chi connectivity index (χ3v) is 4.70. The standard InChI is InChI=1S/C15H23N3S/c1-6-18-10(2)7-14(13(18)5)9-16-12(4)15-17-8-11(3)19-15/h7-8,12,16H,6,9H2,1-5H3. The fourth-order valence-electron chi connectivity index (χ4n) is 2.46. The molecule has 2 aromatic rings. The van der Waals surface area contributed by atoms with Crippen LogP contribution in [0.15, 0.2) is 12.3 Å². The third-order valence-electron chi connectivity index (χ3n) is 3.60. The Morgan fingerprint density at radius 2 is 2.11 bits per heavy atom. The molecular weight excluding hydrogens is 254 g/mol. The Hall–Kier alpha value is -1.13. The van der Waals surface area contributed by atoms with Crippen LogP contribution in [0, 0.1) is 20.8 Å². The van der Waals surface area contributed by atoms with E-state index in [0.717, 1.165) is 13.1 Å². The van der Waals surface area contributed by atoms with Crippen LogP contribution < -0.4 is 5.32 Å². The first-order valence-electron chi connectivity index (χ1n) is 6.84. The quantitative estimate of drug-likeness (QED) is 0.902. The summed E-state index contributed by atoms with van der Waals surface area (Å²) < 4.78 is 2.36. The van der Waals surface area contributed by atoms with Crippen LogP contribution in [0.5, 0.6) is 0 Å². The summed E-state index contributed by atoms with van der Waals surface area (Å²) in [6, 6.07) is 2.59. The Morgan fingerprint density at radius 3 is 2.63 bits per heavy atom. The molecule has 104 valence electrons. The van der Waals surface area contributed by atoms with Crippen molar-refractivity contribution in [1.82, 2.24) is 14.9 Å². The molecule has 3 nitrogen and oxygen atoms in total. The summed E-state index contributed by atoms with van der Waals surface area (Å²) in [6.07, 6.45) is 1.95. The topological polar surface area (TPSA) is 29.9 Å². The molecule has 2 heterocycles. The average molecular weight is 277 g/mol. The second-order valence-electron chi connectivity index (χ2n) is 5.05. The number of nitrogens with one attached hydrogen (secondary N) is 1. The van der Waals surface area contributed by atoms with Gasteiger partial charge in [0, 0.05) is 35.6 Å². The number of hydrogen-bond acceptors (Lipinski definition) is 3. The number of aryl methyl sites for hydroxylation is 2. The molecule has 1 atom stereocenters. The van der Waals surface area contributed by atoms with E-state index >= 15 is 0 Å². The van der Waals surface area contributed by atoms with Gasteiger partial charge in [-0.05, 0) is 46.2 Å². The second kappa shape index (κ2) is 5.88. The molecule has 0 aliphatic rings. The van der Waals surface area contributed by atoms with Crippen LogP contribution >= 0.6 is 11.3 Å². The normalized spacial score (nSPS) is 12.9. The highest BCUT2D eigenvalue weighted by atomic mass is 32.1. The minimum atomic E-state index is 0.309. The van der Waals surface area contributed by atoms with Crippen LogP contribution in [0.3, 0.4) is 0 Å². The van der Waals surface area contributed by atoms with Crippen LogP contribution in [0.25, 0.3) is 0 Å². The highest BCUT2D eigenvalue weighted by molar-refractivity contribution is 7.11. The van der Waals surface area contributed by atoms with E-state index in [4.69, 9.17) is 0 Å². The maximum atomic E-state index is 4.44. The number of aromatic nitrogens is 2. The minimum absolute atomic E-state index is 0.309. The zero-order chi connectivity index (χ0) is 14.0. The van der Waals surface area contributed by atoms with Crippen LogP contribution in [0.2, 0.25) is 0 Å². The minimum Gasteiger partial charge on any atom is -0.349 e. The van der Waals surface area contributed by atoms with Crippen molar-refractivity contribution in [3.05, 3.63) is 39.1 Å². The molecule has 0 saturated carbocycles. The number of hydrogen-bond donors (Lipinski definition) is 1. The SMILES string of the molecule is CCn1c(C)cc(CNC(C)c2ncc(C)s2)c1C. The first-order chi connectivity index (χ1) is 9.02. The van der Waals surface area contributed by atoms with Gasteiger partial charge in [0.25, 0.3) is 0 Å². The smallest absolute Gasteiger partial charge is 0.109 e. The molecule has 0 spiro atoms. The van der Waals surface area contributed by atoms with Crippen molar-refractivity contribution in [1.29, 1.82) is 0 Å². The largest absolute Gasteiger partial charge is 0.349 e. The fourth-order valence-corrected chi connectivity index (χ4v) is 3.26. The Bertz CT molecular complexity index is 554. The van der Waals surface area contributed by atoms with E-state index in [1.165, 1.54) is 26.8 Å². The number of rotatable bonds is 5. The van der Waals surface area contributed by atoms with Crippen LogP contribution in [-0.4, -0.2) is 9.55 Å². The summed E-state index contributed by atoms with van der Waals surface area (Å²) >= 11 is 1.77. The van der Waals surface area contributed by atoms with E-state index in [1.54, 1.807) is 11.3 Å². The van der Waals surface area contributed by atoms with E-state index in [2.05, 4.69) is 55.6 Å². The van der Waals surface area contributed by atoms with Crippen molar-refractivity contribution in [3.8, 4) is 0 Å². The highest BCUT2D eigenvalue weighted by Gasteiger charge is 2.11. The van der Waals surface area contributed by atoms with E-state index in [-0.39, 0.29) is 0 Å². The molecule has 0 aliphatic heterocycles. The Kier molecular flexibility index (Phi) is 4.42. The van der Waals surface area contributed by atoms with Crippen molar-refractivity contribution in [2.45, 2.75) is 53.8 Å². The molecular formula is C15H23N3S. The van der Waals surface area contributed by atoms with Gasteiger partial charge < -0.3 is 9.88 Å². The van der Waals surface area contributed by atoms with Gasteiger partial charge in [-0.25, -0.2) is 4.98 Å². The summed E-state index contributed by atoms with van der Waals surface area (Å²) in [6.45, 7) is 12.8. The molecule has 2 rings (SSSR count). The predicted octanol–water partition coefficient (Wildman–Crippen LogP) is 3.74. The van der Waals surface area contributed by atoms with Gasteiger partial charge in [0.1, 0.15) is 5.01 Å². The first-order valence-corrected chi connectivity index (χ1v) is 7.65. The van der Waals surface area contributed by atoms with Gasteiger partial charge in [0.05, 0.1) is 6.04 Å². The second-order valence-corrected chi connectivity index (χ2v) is 6.32. The lowest BCUT2D eigenvalue weighted by molar-refractivity contribution is 0.569. The van der Waals surface area contributed by atoms with Gasteiger partial charge in [0.2, 0.25) is 0 Å². The van der Waals surface area contributed by atoms with Crippen molar-refractivity contribution < 1.29 is 0 Å². The van der Waals surface area contributed by atoms with Gasteiger partial charge in [-0.1, -0.05) is 0 Å². The maximum absolute atomic E-state index is 4.44. The van der Waals surface area contributed by atoms with Crippen molar-refractivity contribution in [3.63, 3.8) is 0 Å². The van der Waals surface area contributed by atoms with Gasteiger partial charge in [-0.2, -0.15) is 0 Å². The summed E-state index contributed by atoms with van der Waals surface area (Å²) in [5, 5.41) is 4.74. The van der Waals surface area contributed by atoms with E-state index in [9.17, 15) is 0 Å². The Labute approximate surface area is 119 Å². The monoisotopic (exact) mass is 277 g/mol. The van der Waals surface area contributed by atoms with Crippen molar-refractivity contribution >= 4 is 11.3 Å². The van der Waals surface area contributed by atoms with E-state index < -0.39 is 0 Å². The van der Waals surface area contributed by atoms with Crippen molar-refractivity contribution in [2.24, 2.45) is 0 Å². The molecule has 4 heteroatoms. The number of nitrogens with zero attached hydrogens (tertiary/aromatic N) is 2. The maximum Gasteiger partial charge on any atom is 0.109 e. The third kappa shape index (κ3) is 3.07. The molecule has 0 radical (unpaired) electrons. The van der Waals surface area contributed by atoms with Gasteiger partial charge in [0.15, 0.2) is 0 Å². The molecule has 2 aromatic heterocycles. The van der Waals surface area contributed by atoms with Gasteiger partial charge in [-0.15, -0.1) is 11.3 Å². The fraction of sp³-hybridized carbons (Fsp3) is 0.533.